The van der Waals surface area contributed by atoms with E-state index in [-0.39, 0.29) is 35.5 Å². The Morgan fingerprint density at radius 2 is 1.72 bits per heavy atom. The summed E-state index contributed by atoms with van der Waals surface area (Å²) >= 11 is 0. The highest BCUT2D eigenvalue weighted by Crippen LogP contribution is 2.20. The Morgan fingerprint density at radius 1 is 1.07 bits per heavy atom. The summed E-state index contributed by atoms with van der Waals surface area (Å²) in [7, 11) is -1.37. The summed E-state index contributed by atoms with van der Waals surface area (Å²) in [6.45, 7) is 2.14. The standard InChI is InChI=1S/C21H35N3O3S.HI/c1-22-21(23-14-8-16-27-20-12-6-3-7-13-20)24-15-9-17-28(25,26)18-19-10-4-2-5-11-19;/h2,4-5,10-11,20H,3,6-9,12-18H2,1H3,(H2,22,23,24);1H. The number of hydrogen-bond acceptors (Lipinski definition) is 4. The van der Waals surface area contributed by atoms with E-state index in [0.29, 0.717) is 25.0 Å². The molecule has 0 spiro atoms. The van der Waals surface area contributed by atoms with Gasteiger partial charge in [0.2, 0.25) is 0 Å². The number of hydrogen-bond donors (Lipinski definition) is 2. The smallest absolute Gasteiger partial charge is 0.190 e. The zero-order chi connectivity index (χ0) is 20.1. The van der Waals surface area contributed by atoms with Crippen molar-refractivity contribution in [3.8, 4) is 0 Å². The van der Waals surface area contributed by atoms with Crippen LogP contribution < -0.4 is 10.6 Å². The van der Waals surface area contributed by atoms with E-state index < -0.39 is 9.84 Å². The van der Waals surface area contributed by atoms with Crippen molar-refractivity contribution < 1.29 is 13.2 Å². The topological polar surface area (TPSA) is 79.8 Å². The third-order valence-corrected chi connectivity index (χ3v) is 6.58. The molecule has 8 heteroatoms. The van der Waals surface area contributed by atoms with Crippen molar-refractivity contribution in [3.63, 3.8) is 0 Å². The molecule has 1 aliphatic rings. The molecule has 1 fully saturated rings. The van der Waals surface area contributed by atoms with Crippen LogP contribution in [-0.4, -0.2) is 53.0 Å². The van der Waals surface area contributed by atoms with E-state index in [4.69, 9.17) is 4.74 Å². The zero-order valence-corrected chi connectivity index (χ0v) is 20.6. The van der Waals surface area contributed by atoms with Crippen LogP contribution in [0.2, 0.25) is 0 Å². The van der Waals surface area contributed by atoms with Crippen LogP contribution in [0.5, 0.6) is 0 Å². The molecule has 1 aliphatic carbocycles. The number of guanidine groups is 1. The minimum atomic E-state index is -3.09. The molecule has 0 saturated heterocycles. The molecule has 0 amide bonds. The molecule has 166 valence electrons. The van der Waals surface area contributed by atoms with Crippen LogP contribution in [0.1, 0.15) is 50.5 Å². The molecule has 0 bridgehead atoms. The predicted octanol–water partition coefficient (Wildman–Crippen LogP) is 3.51. The first-order chi connectivity index (χ1) is 13.6. The first kappa shape index (κ1) is 26.2. The monoisotopic (exact) mass is 537 g/mol. The van der Waals surface area contributed by atoms with Gasteiger partial charge in [-0.3, -0.25) is 4.99 Å². The fraction of sp³-hybridized carbons (Fsp3) is 0.667. The maximum atomic E-state index is 12.2. The van der Waals surface area contributed by atoms with Crippen LogP contribution in [0.25, 0.3) is 0 Å². The number of nitrogens with zero attached hydrogens (tertiary/aromatic N) is 1. The van der Waals surface area contributed by atoms with Crippen molar-refractivity contribution in [3.05, 3.63) is 35.9 Å². The van der Waals surface area contributed by atoms with Crippen molar-refractivity contribution in [2.75, 3.05) is 32.5 Å². The lowest BCUT2D eigenvalue weighted by molar-refractivity contribution is 0.0277. The molecule has 1 saturated carbocycles. The van der Waals surface area contributed by atoms with E-state index in [1.807, 2.05) is 30.3 Å². The largest absolute Gasteiger partial charge is 0.378 e. The minimum Gasteiger partial charge on any atom is -0.378 e. The molecule has 6 nitrogen and oxygen atoms in total. The number of benzene rings is 1. The first-order valence-electron chi connectivity index (χ1n) is 10.4. The SMILES string of the molecule is CN=C(NCCCOC1CCCCC1)NCCCS(=O)(=O)Cc1ccccc1.I. The summed E-state index contributed by atoms with van der Waals surface area (Å²) in [5.74, 6) is 0.973. The van der Waals surface area contributed by atoms with E-state index in [1.165, 1.54) is 32.1 Å². The molecule has 29 heavy (non-hydrogen) atoms. The van der Waals surface area contributed by atoms with E-state index in [2.05, 4.69) is 15.6 Å². The molecule has 0 atom stereocenters. The second-order valence-electron chi connectivity index (χ2n) is 7.34. The van der Waals surface area contributed by atoms with Gasteiger partial charge in [-0.2, -0.15) is 0 Å². The van der Waals surface area contributed by atoms with E-state index in [9.17, 15) is 8.42 Å². The molecular weight excluding hydrogens is 501 g/mol. The minimum absolute atomic E-state index is 0. The Bertz CT molecular complexity index is 678. The van der Waals surface area contributed by atoms with Crippen molar-refractivity contribution >= 4 is 39.8 Å². The lowest BCUT2D eigenvalue weighted by Gasteiger charge is -2.22. The molecule has 1 aromatic rings. The number of halogens is 1. The maximum Gasteiger partial charge on any atom is 0.190 e. The van der Waals surface area contributed by atoms with Gasteiger partial charge in [-0.05, 0) is 31.2 Å². The Hall–Kier alpha value is -0.870. The number of aliphatic imine (C=N–C) groups is 1. The molecule has 0 aromatic heterocycles. The number of rotatable bonds is 11. The molecule has 2 rings (SSSR count). The average Bonchev–Trinajstić information content (AvgIpc) is 2.70. The Labute approximate surface area is 193 Å². The van der Waals surface area contributed by atoms with Gasteiger partial charge in [-0.1, -0.05) is 49.6 Å². The number of nitrogens with one attached hydrogen (secondary N) is 2. The Morgan fingerprint density at radius 3 is 2.38 bits per heavy atom. The normalized spacial score (nSPS) is 15.6. The van der Waals surface area contributed by atoms with Crippen molar-refractivity contribution in [1.29, 1.82) is 0 Å². The quantitative estimate of drug-likeness (QED) is 0.196. The Kier molecular flexibility index (Phi) is 13.5. The molecule has 1 aromatic carbocycles. The van der Waals surface area contributed by atoms with Crippen LogP contribution in [0.15, 0.2) is 35.3 Å². The van der Waals surface area contributed by atoms with Crippen molar-refractivity contribution in [2.24, 2.45) is 4.99 Å². The van der Waals surface area contributed by atoms with E-state index in [0.717, 1.165) is 25.1 Å². The summed E-state index contributed by atoms with van der Waals surface area (Å²) in [6.07, 6.45) is 8.26. The molecular formula is C21H36IN3O3S. The van der Waals surface area contributed by atoms with Crippen LogP contribution in [0.3, 0.4) is 0 Å². The summed E-state index contributed by atoms with van der Waals surface area (Å²) < 4.78 is 30.3. The lowest BCUT2D eigenvalue weighted by Crippen LogP contribution is -2.39. The van der Waals surface area contributed by atoms with Gasteiger partial charge in [0.1, 0.15) is 0 Å². The summed E-state index contributed by atoms with van der Waals surface area (Å²) in [6, 6.07) is 9.31. The highest BCUT2D eigenvalue weighted by Gasteiger charge is 2.13. The molecule has 0 heterocycles. The summed E-state index contributed by atoms with van der Waals surface area (Å²) in [5, 5.41) is 6.43. The predicted molar refractivity (Wildman–Crippen MR) is 131 cm³/mol. The highest BCUT2D eigenvalue weighted by atomic mass is 127. The van der Waals surface area contributed by atoms with Gasteiger partial charge in [0.25, 0.3) is 0 Å². The Balaban J connectivity index is 0.00000420. The van der Waals surface area contributed by atoms with Crippen molar-refractivity contribution in [2.45, 2.75) is 56.8 Å². The number of sulfone groups is 1. The molecule has 0 unspecified atom stereocenters. The number of ether oxygens (including phenoxy) is 1. The molecule has 0 aliphatic heterocycles. The average molecular weight is 538 g/mol. The summed E-state index contributed by atoms with van der Waals surface area (Å²) in [4.78, 5) is 4.18. The van der Waals surface area contributed by atoms with Crippen LogP contribution in [0, 0.1) is 0 Å². The summed E-state index contributed by atoms with van der Waals surface area (Å²) in [5.41, 5.74) is 0.836. The van der Waals surface area contributed by atoms with Crippen LogP contribution in [0.4, 0.5) is 0 Å². The van der Waals surface area contributed by atoms with Gasteiger partial charge in [-0.15, -0.1) is 24.0 Å². The fourth-order valence-electron chi connectivity index (χ4n) is 3.38. The van der Waals surface area contributed by atoms with E-state index in [1.54, 1.807) is 7.05 Å². The molecule has 2 N–H and O–H groups in total. The highest BCUT2D eigenvalue weighted by molar-refractivity contribution is 14.0. The third-order valence-electron chi connectivity index (χ3n) is 4.90. The van der Waals surface area contributed by atoms with Gasteiger partial charge in [-0.25, -0.2) is 8.42 Å². The first-order valence-corrected chi connectivity index (χ1v) is 12.2. The fourth-order valence-corrected chi connectivity index (χ4v) is 4.81. The zero-order valence-electron chi connectivity index (χ0n) is 17.4. The van der Waals surface area contributed by atoms with Gasteiger partial charge in [0, 0.05) is 26.7 Å². The molecule has 0 radical (unpaired) electrons. The second kappa shape index (κ2) is 15.0. The van der Waals surface area contributed by atoms with Gasteiger partial charge < -0.3 is 15.4 Å². The third kappa shape index (κ3) is 11.8. The van der Waals surface area contributed by atoms with Gasteiger partial charge in [0.15, 0.2) is 15.8 Å². The van der Waals surface area contributed by atoms with E-state index >= 15 is 0 Å². The van der Waals surface area contributed by atoms with Gasteiger partial charge in [0.05, 0.1) is 17.6 Å². The van der Waals surface area contributed by atoms with Crippen LogP contribution >= 0.6 is 24.0 Å². The lowest BCUT2D eigenvalue weighted by atomic mass is 9.98. The maximum absolute atomic E-state index is 12.2. The van der Waals surface area contributed by atoms with Crippen molar-refractivity contribution in [1.82, 2.24) is 10.6 Å². The van der Waals surface area contributed by atoms with Gasteiger partial charge >= 0.3 is 0 Å². The second-order valence-corrected chi connectivity index (χ2v) is 9.53. The van der Waals surface area contributed by atoms with Crippen LogP contribution in [-0.2, 0) is 20.3 Å².